The molecule has 0 aliphatic rings. The zero-order valence-corrected chi connectivity index (χ0v) is 14.2. The van der Waals surface area contributed by atoms with Crippen LogP contribution in [0.5, 0.6) is 0 Å². The van der Waals surface area contributed by atoms with E-state index in [0.29, 0.717) is 11.4 Å². The van der Waals surface area contributed by atoms with Crippen molar-refractivity contribution >= 4 is 27.2 Å². The fourth-order valence-corrected chi connectivity index (χ4v) is 3.15. The summed E-state index contributed by atoms with van der Waals surface area (Å²) in [4.78, 5) is 4.27. The van der Waals surface area contributed by atoms with Gasteiger partial charge in [0.2, 0.25) is 0 Å². The Kier molecular flexibility index (Phi) is 4.67. The summed E-state index contributed by atoms with van der Waals surface area (Å²) < 4.78 is 40.0. The number of pyridine rings is 1. The average molecular weight is 357 g/mol. The molecule has 0 aliphatic carbocycles. The molecule has 3 rings (SSSR count). The molecule has 0 spiro atoms. The minimum atomic E-state index is -3.68. The maximum absolute atomic E-state index is 12.9. The second-order valence-corrected chi connectivity index (χ2v) is 7.16. The predicted molar refractivity (Wildman–Crippen MR) is 95.9 cm³/mol. The molecule has 25 heavy (non-hydrogen) atoms. The first kappa shape index (κ1) is 16.9. The van der Waals surface area contributed by atoms with Crippen molar-refractivity contribution in [3.8, 4) is 0 Å². The van der Waals surface area contributed by atoms with Crippen molar-refractivity contribution in [2.45, 2.75) is 11.8 Å². The summed E-state index contributed by atoms with van der Waals surface area (Å²) >= 11 is 0. The van der Waals surface area contributed by atoms with Gasteiger partial charge in [0.1, 0.15) is 11.6 Å². The third-order valence-corrected chi connectivity index (χ3v) is 4.84. The second kappa shape index (κ2) is 6.90. The van der Waals surface area contributed by atoms with E-state index < -0.39 is 10.0 Å². The lowest BCUT2D eigenvalue weighted by molar-refractivity contribution is 0.601. The summed E-state index contributed by atoms with van der Waals surface area (Å²) in [6, 6.07) is 15.7. The molecule has 1 aromatic heterocycles. The molecule has 0 aliphatic heterocycles. The number of halogens is 1. The molecule has 128 valence electrons. The maximum atomic E-state index is 12.9. The first-order chi connectivity index (χ1) is 11.9. The van der Waals surface area contributed by atoms with Gasteiger partial charge in [-0.3, -0.25) is 4.72 Å². The minimum Gasteiger partial charge on any atom is -0.354 e. The van der Waals surface area contributed by atoms with Crippen LogP contribution >= 0.6 is 0 Å². The highest BCUT2D eigenvalue weighted by molar-refractivity contribution is 7.92. The van der Waals surface area contributed by atoms with Crippen LogP contribution in [0.2, 0.25) is 0 Å². The number of benzene rings is 2. The third kappa shape index (κ3) is 4.33. The zero-order valence-electron chi connectivity index (χ0n) is 13.4. The Labute approximate surface area is 145 Å². The van der Waals surface area contributed by atoms with E-state index in [1.807, 2.05) is 6.92 Å². The van der Waals surface area contributed by atoms with Gasteiger partial charge in [-0.15, -0.1) is 0 Å². The molecule has 2 N–H and O–H groups in total. The molecule has 7 heteroatoms. The zero-order chi connectivity index (χ0) is 17.9. The fraction of sp³-hybridized carbons (Fsp3) is 0.0556. The Bertz CT molecular complexity index is 955. The van der Waals surface area contributed by atoms with E-state index in [0.717, 1.165) is 5.56 Å². The number of aromatic nitrogens is 1. The molecule has 0 fully saturated rings. The summed E-state index contributed by atoms with van der Waals surface area (Å²) in [6.45, 7) is 1.89. The van der Waals surface area contributed by atoms with E-state index in [4.69, 9.17) is 0 Å². The van der Waals surface area contributed by atoms with Gasteiger partial charge in [-0.1, -0.05) is 17.7 Å². The summed E-state index contributed by atoms with van der Waals surface area (Å²) in [5, 5.41) is 3.05. The number of sulfonamides is 1. The van der Waals surface area contributed by atoms with Crippen LogP contribution in [0.25, 0.3) is 0 Å². The fourth-order valence-electron chi connectivity index (χ4n) is 2.14. The monoisotopic (exact) mass is 357 g/mol. The van der Waals surface area contributed by atoms with Crippen molar-refractivity contribution in [3.05, 3.63) is 78.2 Å². The highest BCUT2D eigenvalue weighted by Gasteiger charge is 2.14. The molecule has 3 aromatic rings. The van der Waals surface area contributed by atoms with Crippen LogP contribution in [0.15, 0.2) is 71.8 Å². The molecular formula is C18H16FN3O2S. The summed E-state index contributed by atoms with van der Waals surface area (Å²) in [5.41, 5.74) is 2.34. The van der Waals surface area contributed by atoms with Crippen molar-refractivity contribution in [3.63, 3.8) is 0 Å². The summed E-state index contributed by atoms with van der Waals surface area (Å²) in [6.07, 6.45) is 1.50. The van der Waals surface area contributed by atoms with Gasteiger partial charge in [-0.25, -0.2) is 17.8 Å². The normalized spacial score (nSPS) is 11.1. The molecular weight excluding hydrogens is 341 g/mol. The molecule has 0 bridgehead atoms. The number of rotatable bonds is 5. The largest absolute Gasteiger partial charge is 0.354 e. The Morgan fingerprint density at radius 2 is 1.52 bits per heavy atom. The number of hydrogen-bond acceptors (Lipinski definition) is 4. The van der Waals surface area contributed by atoms with Crippen LogP contribution in [-0.4, -0.2) is 13.4 Å². The van der Waals surface area contributed by atoms with E-state index in [1.165, 1.54) is 18.3 Å². The van der Waals surface area contributed by atoms with Crippen LogP contribution in [0.3, 0.4) is 0 Å². The van der Waals surface area contributed by atoms with E-state index in [-0.39, 0.29) is 16.5 Å². The Morgan fingerprint density at radius 1 is 0.880 bits per heavy atom. The van der Waals surface area contributed by atoms with E-state index in [9.17, 15) is 12.8 Å². The smallest absolute Gasteiger partial charge is 0.263 e. The summed E-state index contributed by atoms with van der Waals surface area (Å²) in [7, 11) is -3.68. The number of nitrogens with zero attached hydrogens (tertiary/aromatic N) is 1. The Hall–Kier alpha value is -2.93. The van der Waals surface area contributed by atoms with E-state index in [1.54, 1.807) is 48.5 Å². The topological polar surface area (TPSA) is 71.1 Å². The number of anilines is 3. The van der Waals surface area contributed by atoms with Gasteiger partial charge in [0.25, 0.3) is 10.0 Å². The standard InChI is InChI=1S/C18H16FN3O2S/c1-13-2-9-17(10-3-13)25(23,24)22-18-11-8-16(12-20-18)21-15-6-4-14(19)5-7-15/h2-12,21H,1H3,(H,20,22). The molecule has 0 amide bonds. The lowest BCUT2D eigenvalue weighted by Gasteiger charge is -2.09. The second-order valence-electron chi connectivity index (χ2n) is 5.48. The van der Waals surface area contributed by atoms with Crippen LogP contribution in [-0.2, 0) is 10.0 Å². The van der Waals surface area contributed by atoms with E-state index >= 15 is 0 Å². The molecule has 0 radical (unpaired) electrons. The highest BCUT2D eigenvalue weighted by atomic mass is 32.2. The van der Waals surface area contributed by atoms with E-state index in [2.05, 4.69) is 15.0 Å². The predicted octanol–water partition coefficient (Wildman–Crippen LogP) is 4.07. The van der Waals surface area contributed by atoms with Crippen LogP contribution < -0.4 is 10.0 Å². The van der Waals surface area contributed by atoms with Crippen LogP contribution in [0.1, 0.15) is 5.56 Å². The lowest BCUT2D eigenvalue weighted by Crippen LogP contribution is -2.13. The van der Waals surface area contributed by atoms with Gasteiger partial charge in [0, 0.05) is 5.69 Å². The minimum absolute atomic E-state index is 0.174. The summed E-state index contributed by atoms with van der Waals surface area (Å²) in [5.74, 6) is -0.102. The maximum Gasteiger partial charge on any atom is 0.263 e. The molecule has 0 unspecified atom stereocenters. The van der Waals surface area contributed by atoms with Crippen molar-refractivity contribution in [2.75, 3.05) is 10.0 Å². The lowest BCUT2D eigenvalue weighted by atomic mass is 10.2. The van der Waals surface area contributed by atoms with Gasteiger partial charge in [0.15, 0.2) is 0 Å². The average Bonchev–Trinajstić information content (AvgIpc) is 2.59. The van der Waals surface area contributed by atoms with Gasteiger partial charge in [-0.05, 0) is 55.5 Å². The van der Waals surface area contributed by atoms with Gasteiger partial charge < -0.3 is 5.32 Å². The molecule has 2 aromatic carbocycles. The molecule has 0 saturated heterocycles. The van der Waals surface area contributed by atoms with Gasteiger partial charge in [0.05, 0.1) is 16.8 Å². The first-order valence-electron chi connectivity index (χ1n) is 7.50. The van der Waals surface area contributed by atoms with Crippen molar-refractivity contribution in [1.82, 2.24) is 4.98 Å². The van der Waals surface area contributed by atoms with Crippen molar-refractivity contribution < 1.29 is 12.8 Å². The highest BCUT2D eigenvalue weighted by Crippen LogP contribution is 2.19. The number of aryl methyl sites for hydroxylation is 1. The quantitative estimate of drug-likeness (QED) is 0.722. The van der Waals surface area contributed by atoms with Gasteiger partial charge >= 0.3 is 0 Å². The molecule has 0 saturated carbocycles. The van der Waals surface area contributed by atoms with Gasteiger partial charge in [-0.2, -0.15) is 0 Å². The number of hydrogen-bond donors (Lipinski definition) is 2. The molecule has 1 heterocycles. The van der Waals surface area contributed by atoms with Crippen LogP contribution in [0, 0.1) is 12.7 Å². The molecule has 0 atom stereocenters. The molecule has 5 nitrogen and oxygen atoms in total. The van der Waals surface area contributed by atoms with Crippen molar-refractivity contribution in [2.24, 2.45) is 0 Å². The SMILES string of the molecule is Cc1ccc(S(=O)(=O)Nc2ccc(Nc3ccc(F)cc3)cn2)cc1. The number of nitrogens with one attached hydrogen (secondary N) is 2. The third-order valence-electron chi connectivity index (χ3n) is 3.47. The Balaban J connectivity index is 1.71. The first-order valence-corrected chi connectivity index (χ1v) is 8.99. The Morgan fingerprint density at radius 3 is 2.12 bits per heavy atom. The van der Waals surface area contributed by atoms with Crippen molar-refractivity contribution in [1.29, 1.82) is 0 Å². The van der Waals surface area contributed by atoms with Crippen LogP contribution in [0.4, 0.5) is 21.6 Å².